The molecule has 1 saturated carbocycles. The zero-order valence-electron chi connectivity index (χ0n) is 12.6. The number of hydrogen-bond acceptors (Lipinski definition) is 2. The van der Waals surface area contributed by atoms with E-state index in [-0.39, 0.29) is 11.6 Å². The lowest BCUT2D eigenvalue weighted by Gasteiger charge is -2.25. The fourth-order valence-corrected chi connectivity index (χ4v) is 3.01. The van der Waals surface area contributed by atoms with Gasteiger partial charge in [-0.1, -0.05) is 32.1 Å². The van der Waals surface area contributed by atoms with Gasteiger partial charge in [0, 0.05) is 18.4 Å². The molecule has 1 aromatic heterocycles. The standard InChI is InChI=1S/C16H21F3N2O/c1-11(7-12-5-3-2-4-6-12)21-15(22)13-8-14(10-20-9-13)16(17,18)19/h8-12H,2-7H2,1H3,(H,21,22)/t11-/m0/s1. The van der Waals surface area contributed by atoms with Gasteiger partial charge in [-0.05, 0) is 25.3 Å². The minimum atomic E-state index is -4.49. The van der Waals surface area contributed by atoms with Crippen molar-refractivity contribution < 1.29 is 18.0 Å². The van der Waals surface area contributed by atoms with Crippen molar-refractivity contribution in [1.82, 2.24) is 10.3 Å². The number of hydrogen-bond donors (Lipinski definition) is 1. The molecule has 1 aliphatic carbocycles. The van der Waals surface area contributed by atoms with Gasteiger partial charge in [0.2, 0.25) is 0 Å². The van der Waals surface area contributed by atoms with Crippen LogP contribution in [0, 0.1) is 5.92 Å². The van der Waals surface area contributed by atoms with E-state index in [4.69, 9.17) is 0 Å². The molecule has 0 spiro atoms. The first-order chi connectivity index (χ1) is 10.4. The molecule has 1 aromatic rings. The van der Waals surface area contributed by atoms with Gasteiger partial charge in [-0.15, -0.1) is 0 Å². The molecule has 1 atom stereocenters. The Morgan fingerprint density at radius 1 is 1.32 bits per heavy atom. The Bertz CT molecular complexity index is 510. The summed E-state index contributed by atoms with van der Waals surface area (Å²) < 4.78 is 37.9. The molecule has 0 aliphatic heterocycles. The molecule has 3 nitrogen and oxygen atoms in total. The molecule has 6 heteroatoms. The lowest BCUT2D eigenvalue weighted by atomic mass is 9.85. The maximum atomic E-state index is 12.6. The molecule has 1 N–H and O–H groups in total. The molecule has 0 radical (unpaired) electrons. The first-order valence-electron chi connectivity index (χ1n) is 7.69. The third-order valence-electron chi connectivity index (χ3n) is 4.12. The van der Waals surface area contributed by atoms with Crippen LogP contribution in [0.5, 0.6) is 0 Å². The van der Waals surface area contributed by atoms with E-state index in [0.717, 1.165) is 24.9 Å². The summed E-state index contributed by atoms with van der Waals surface area (Å²) >= 11 is 0. The molecule has 0 saturated heterocycles. The molecule has 1 heterocycles. The number of rotatable bonds is 4. The Kier molecular flexibility index (Phi) is 5.42. The van der Waals surface area contributed by atoms with E-state index in [1.54, 1.807) is 0 Å². The fraction of sp³-hybridized carbons (Fsp3) is 0.625. The van der Waals surface area contributed by atoms with Crippen molar-refractivity contribution in [1.29, 1.82) is 0 Å². The molecule has 0 aromatic carbocycles. The van der Waals surface area contributed by atoms with Crippen LogP contribution in [-0.4, -0.2) is 16.9 Å². The normalized spacial score (nSPS) is 18.0. The van der Waals surface area contributed by atoms with Crippen LogP contribution in [0.4, 0.5) is 13.2 Å². The fourth-order valence-electron chi connectivity index (χ4n) is 3.01. The quantitative estimate of drug-likeness (QED) is 0.905. The predicted molar refractivity (Wildman–Crippen MR) is 77.4 cm³/mol. The van der Waals surface area contributed by atoms with E-state index in [1.807, 2.05) is 6.92 Å². The number of carbonyl (C=O) groups is 1. The lowest BCUT2D eigenvalue weighted by molar-refractivity contribution is -0.137. The van der Waals surface area contributed by atoms with Gasteiger partial charge in [-0.2, -0.15) is 13.2 Å². The molecule has 2 rings (SSSR count). The van der Waals surface area contributed by atoms with Gasteiger partial charge in [-0.25, -0.2) is 0 Å². The molecule has 0 unspecified atom stereocenters. The molecule has 1 fully saturated rings. The second-order valence-corrected chi connectivity index (χ2v) is 6.07. The lowest BCUT2D eigenvalue weighted by Crippen LogP contribution is -2.34. The third-order valence-corrected chi connectivity index (χ3v) is 4.12. The molecular weight excluding hydrogens is 293 g/mol. The number of carbonyl (C=O) groups excluding carboxylic acids is 1. The van der Waals surface area contributed by atoms with Crippen molar-refractivity contribution >= 4 is 5.91 Å². The molecule has 122 valence electrons. The highest BCUT2D eigenvalue weighted by Gasteiger charge is 2.31. The largest absolute Gasteiger partial charge is 0.417 e. The first-order valence-corrected chi connectivity index (χ1v) is 7.69. The molecule has 1 aliphatic rings. The maximum Gasteiger partial charge on any atom is 0.417 e. The summed E-state index contributed by atoms with van der Waals surface area (Å²) in [5, 5.41) is 2.78. The highest BCUT2D eigenvalue weighted by molar-refractivity contribution is 5.94. The Morgan fingerprint density at radius 2 is 2.00 bits per heavy atom. The van der Waals surface area contributed by atoms with Crippen LogP contribution in [0.15, 0.2) is 18.5 Å². The molecule has 22 heavy (non-hydrogen) atoms. The SMILES string of the molecule is C[C@@H](CC1CCCCC1)NC(=O)c1cncc(C(F)(F)F)c1. The predicted octanol–water partition coefficient (Wildman–Crippen LogP) is 4.19. The van der Waals surface area contributed by atoms with Gasteiger partial charge in [0.25, 0.3) is 5.91 Å². The summed E-state index contributed by atoms with van der Waals surface area (Å²) in [6, 6.07) is 0.792. The molecule has 1 amide bonds. The monoisotopic (exact) mass is 314 g/mol. The average Bonchev–Trinajstić information content (AvgIpc) is 2.47. The van der Waals surface area contributed by atoms with Crippen molar-refractivity contribution in [3.8, 4) is 0 Å². The van der Waals surface area contributed by atoms with Crippen LogP contribution >= 0.6 is 0 Å². The zero-order chi connectivity index (χ0) is 16.2. The van der Waals surface area contributed by atoms with E-state index in [0.29, 0.717) is 5.92 Å². The van der Waals surface area contributed by atoms with Gasteiger partial charge < -0.3 is 5.32 Å². The minimum Gasteiger partial charge on any atom is -0.350 e. The van der Waals surface area contributed by atoms with Crippen LogP contribution in [0.3, 0.4) is 0 Å². The first kappa shape index (κ1) is 16.8. The van der Waals surface area contributed by atoms with Crippen molar-refractivity contribution in [2.45, 2.75) is 57.7 Å². The molecular formula is C16H21F3N2O. The van der Waals surface area contributed by atoms with E-state index in [2.05, 4.69) is 10.3 Å². The molecule has 0 bridgehead atoms. The number of alkyl halides is 3. The van der Waals surface area contributed by atoms with Crippen LogP contribution < -0.4 is 5.32 Å². The summed E-state index contributed by atoms with van der Waals surface area (Å²) in [5.41, 5.74) is -0.953. The van der Waals surface area contributed by atoms with Gasteiger partial charge in [-0.3, -0.25) is 9.78 Å². The average molecular weight is 314 g/mol. The van der Waals surface area contributed by atoms with Crippen molar-refractivity contribution in [2.24, 2.45) is 5.92 Å². The van der Waals surface area contributed by atoms with E-state index in [9.17, 15) is 18.0 Å². The number of nitrogens with zero attached hydrogens (tertiary/aromatic N) is 1. The number of nitrogens with one attached hydrogen (secondary N) is 1. The summed E-state index contributed by atoms with van der Waals surface area (Å²) in [7, 11) is 0. The minimum absolute atomic E-state index is 0.0506. The van der Waals surface area contributed by atoms with Crippen LogP contribution in [0.1, 0.15) is 61.4 Å². The van der Waals surface area contributed by atoms with Crippen molar-refractivity contribution in [3.63, 3.8) is 0 Å². The van der Waals surface area contributed by atoms with E-state index >= 15 is 0 Å². The Labute approximate surface area is 128 Å². The van der Waals surface area contributed by atoms with Crippen LogP contribution in [-0.2, 0) is 6.18 Å². The summed E-state index contributed by atoms with van der Waals surface area (Å²) in [4.78, 5) is 15.6. The number of pyridine rings is 1. The number of amides is 1. The van der Waals surface area contributed by atoms with Crippen LogP contribution in [0.25, 0.3) is 0 Å². The summed E-state index contributed by atoms with van der Waals surface area (Å²) in [6.07, 6.45) is 4.34. The van der Waals surface area contributed by atoms with Gasteiger partial charge in [0.1, 0.15) is 0 Å². The van der Waals surface area contributed by atoms with Crippen molar-refractivity contribution in [3.05, 3.63) is 29.6 Å². The van der Waals surface area contributed by atoms with Gasteiger partial charge in [0.15, 0.2) is 0 Å². The Hall–Kier alpha value is -1.59. The second-order valence-electron chi connectivity index (χ2n) is 6.07. The topological polar surface area (TPSA) is 42.0 Å². The zero-order valence-corrected chi connectivity index (χ0v) is 12.6. The second kappa shape index (κ2) is 7.11. The van der Waals surface area contributed by atoms with Gasteiger partial charge >= 0.3 is 6.18 Å². The number of halogens is 3. The van der Waals surface area contributed by atoms with E-state index < -0.39 is 17.6 Å². The summed E-state index contributed by atoms with van der Waals surface area (Å²) in [5.74, 6) is 0.102. The van der Waals surface area contributed by atoms with E-state index in [1.165, 1.54) is 32.1 Å². The van der Waals surface area contributed by atoms with Crippen molar-refractivity contribution in [2.75, 3.05) is 0 Å². The van der Waals surface area contributed by atoms with Gasteiger partial charge in [0.05, 0.1) is 11.1 Å². The highest BCUT2D eigenvalue weighted by Crippen LogP contribution is 2.29. The summed E-state index contributed by atoms with van der Waals surface area (Å²) in [6.45, 7) is 1.90. The maximum absolute atomic E-state index is 12.6. The highest BCUT2D eigenvalue weighted by atomic mass is 19.4. The van der Waals surface area contributed by atoms with Crippen LogP contribution in [0.2, 0.25) is 0 Å². The third kappa shape index (κ3) is 4.71. The Balaban J connectivity index is 1.93. The number of aromatic nitrogens is 1. The Morgan fingerprint density at radius 3 is 2.64 bits per heavy atom. The smallest absolute Gasteiger partial charge is 0.350 e.